The van der Waals surface area contributed by atoms with E-state index in [9.17, 15) is 9.59 Å². The van der Waals surface area contributed by atoms with Crippen LogP contribution in [0.4, 0.5) is 0 Å². The molecule has 0 spiro atoms. The summed E-state index contributed by atoms with van der Waals surface area (Å²) in [4.78, 5) is 21.2. The van der Waals surface area contributed by atoms with Crippen LogP contribution < -0.4 is 0 Å². The highest BCUT2D eigenvalue weighted by Gasteiger charge is 2.33. The summed E-state index contributed by atoms with van der Waals surface area (Å²) in [6.07, 6.45) is 3.37. The minimum atomic E-state index is -0.722. The highest BCUT2D eigenvalue weighted by atomic mass is 16.5. The summed E-state index contributed by atoms with van der Waals surface area (Å²) < 4.78 is 5.18. The van der Waals surface area contributed by atoms with Crippen molar-refractivity contribution >= 4 is 12.3 Å². The van der Waals surface area contributed by atoms with E-state index < -0.39 is 5.97 Å². The fraction of sp³-hybridized carbons (Fsp3) is 0.833. The third-order valence-electron chi connectivity index (χ3n) is 3.33. The van der Waals surface area contributed by atoms with Crippen LogP contribution in [0.5, 0.6) is 0 Å². The Hall–Kier alpha value is -0.900. The maximum Gasteiger partial charge on any atom is 0.371 e. The molecule has 4 nitrogen and oxygen atoms in total. The quantitative estimate of drug-likeness (QED) is 0.417. The Morgan fingerprint density at radius 1 is 1.38 bits per heavy atom. The van der Waals surface area contributed by atoms with E-state index in [4.69, 9.17) is 4.74 Å². The van der Waals surface area contributed by atoms with Gasteiger partial charge in [0.15, 0.2) is 0 Å². The van der Waals surface area contributed by atoms with Gasteiger partial charge in [-0.05, 0) is 30.6 Å². The zero-order valence-corrected chi connectivity index (χ0v) is 10.2. The molecule has 0 unspecified atom stereocenters. The van der Waals surface area contributed by atoms with Crippen LogP contribution in [0.3, 0.4) is 0 Å². The molecule has 1 aliphatic carbocycles. The first-order valence-electron chi connectivity index (χ1n) is 5.70. The first-order chi connectivity index (χ1) is 7.04. The molecule has 0 heterocycles. The largest absolute Gasteiger partial charge is 0.457 e. The third kappa shape index (κ3) is 3.93. The van der Waals surface area contributed by atoms with E-state index in [0.717, 1.165) is 12.8 Å². The highest BCUT2D eigenvalue weighted by Crippen LogP contribution is 2.35. The van der Waals surface area contributed by atoms with Gasteiger partial charge >= 0.3 is 5.97 Å². The molecule has 0 bridgehead atoms. The predicted octanol–water partition coefficient (Wildman–Crippen LogP) is 1.36. The molecule has 1 aliphatic rings. The fourth-order valence-electron chi connectivity index (χ4n) is 2.43. The summed E-state index contributed by atoms with van der Waals surface area (Å²) in [5, 5.41) is 0. The van der Waals surface area contributed by atoms with E-state index in [-0.39, 0.29) is 17.9 Å². The molecule has 0 radical (unpaired) electrons. The molecule has 0 amide bonds. The fourth-order valence-corrected chi connectivity index (χ4v) is 2.43. The molecule has 16 heavy (non-hydrogen) atoms. The zero-order chi connectivity index (χ0) is 11.4. The lowest BCUT2D eigenvalue weighted by Crippen LogP contribution is -2.36. The summed E-state index contributed by atoms with van der Waals surface area (Å²) in [5.41, 5.74) is 0. The Kier molecular flexibility index (Phi) is 6.26. The smallest absolute Gasteiger partial charge is 0.371 e. The molecular weight excluding hydrogens is 208 g/mol. The van der Waals surface area contributed by atoms with Crippen molar-refractivity contribution in [3.8, 4) is 0 Å². The summed E-state index contributed by atoms with van der Waals surface area (Å²) >= 11 is 0. The Morgan fingerprint density at radius 2 is 2.00 bits per heavy atom. The predicted molar refractivity (Wildman–Crippen MR) is 60.9 cm³/mol. The van der Waals surface area contributed by atoms with Crippen molar-refractivity contribution in [2.75, 3.05) is 0 Å². The van der Waals surface area contributed by atoms with E-state index in [2.05, 4.69) is 20.8 Å². The summed E-state index contributed by atoms with van der Waals surface area (Å²) in [6, 6.07) is 0. The first kappa shape index (κ1) is 15.1. The van der Waals surface area contributed by atoms with E-state index in [1.165, 1.54) is 6.42 Å². The summed E-state index contributed by atoms with van der Waals surface area (Å²) in [7, 11) is 0. The lowest BCUT2D eigenvalue weighted by molar-refractivity contribution is -0.158. The number of rotatable bonds is 3. The van der Waals surface area contributed by atoms with Crippen molar-refractivity contribution in [1.82, 2.24) is 0 Å². The number of carbonyl (C=O) groups is 2. The van der Waals surface area contributed by atoms with Gasteiger partial charge in [-0.2, -0.15) is 0 Å². The molecule has 0 aliphatic heterocycles. The standard InChI is InChI=1S/C12H20O3.H2O/c1-8(2)10-5-4-9(3)6-11(10)15-12(14)7-13;/h7-11H,4-6H2,1-3H3;1H2/t9-,10+,11-;/m1./s1. The molecule has 0 aromatic carbocycles. The molecule has 1 rings (SSSR count). The van der Waals surface area contributed by atoms with Crippen molar-refractivity contribution in [3.63, 3.8) is 0 Å². The lowest BCUT2D eigenvalue weighted by atomic mass is 9.75. The topological polar surface area (TPSA) is 74.9 Å². The molecule has 4 heteroatoms. The Balaban J connectivity index is 0.00000225. The average Bonchev–Trinajstić information content (AvgIpc) is 2.17. The number of hydrogen-bond donors (Lipinski definition) is 0. The molecular formula is C12H22O4. The van der Waals surface area contributed by atoms with Crippen LogP contribution in [0.15, 0.2) is 0 Å². The molecule has 1 saturated carbocycles. The van der Waals surface area contributed by atoms with Crippen LogP contribution in [0.1, 0.15) is 40.0 Å². The third-order valence-corrected chi connectivity index (χ3v) is 3.33. The van der Waals surface area contributed by atoms with Crippen LogP contribution in [0.25, 0.3) is 0 Å². The molecule has 94 valence electrons. The highest BCUT2D eigenvalue weighted by molar-refractivity contribution is 6.20. The van der Waals surface area contributed by atoms with Crippen molar-refractivity contribution < 1.29 is 19.8 Å². The van der Waals surface area contributed by atoms with Crippen molar-refractivity contribution in [2.24, 2.45) is 17.8 Å². The van der Waals surface area contributed by atoms with Crippen molar-refractivity contribution in [1.29, 1.82) is 0 Å². The molecule has 0 saturated heterocycles. The van der Waals surface area contributed by atoms with Gasteiger partial charge in [0.1, 0.15) is 6.10 Å². The van der Waals surface area contributed by atoms with Crippen molar-refractivity contribution in [3.05, 3.63) is 0 Å². The van der Waals surface area contributed by atoms with Gasteiger partial charge in [-0.1, -0.05) is 27.2 Å². The summed E-state index contributed by atoms with van der Waals surface area (Å²) in [6.45, 7) is 6.45. The Labute approximate surface area is 96.7 Å². The van der Waals surface area contributed by atoms with E-state index in [0.29, 0.717) is 17.8 Å². The normalized spacial score (nSPS) is 29.4. The first-order valence-corrected chi connectivity index (χ1v) is 5.70. The minimum absolute atomic E-state index is 0. The van der Waals surface area contributed by atoms with Gasteiger partial charge in [-0.3, -0.25) is 4.79 Å². The Bertz CT molecular complexity index is 237. The van der Waals surface area contributed by atoms with Crippen LogP contribution in [-0.2, 0) is 14.3 Å². The number of esters is 1. The maximum atomic E-state index is 11.0. The summed E-state index contributed by atoms with van der Waals surface area (Å²) in [5.74, 6) is 0.774. The Morgan fingerprint density at radius 3 is 2.50 bits per heavy atom. The second-order valence-corrected chi connectivity index (χ2v) is 4.92. The second kappa shape index (κ2) is 6.63. The molecule has 0 aromatic rings. The van der Waals surface area contributed by atoms with Gasteiger partial charge in [0.25, 0.3) is 0 Å². The molecule has 2 N–H and O–H groups in total. The van der Waals surface area contributed by atoms with E-state index in [1.54, 1.807) is 0 Å². The molecule has 0 aromatic heterocycles. The van der Waals surface area contributed by atoms with Gasteiger partial charge < -0.3 is 10.2 Å². The van der Waals surface area contributed by atoms with Gasteiger partial charge in [0.2, 0.25) is 6.29 Å². The van der Waals surface area contributed by atoms with Crippen LogP contribution in [0, 0.1) is 17.8 Å². The van der Waals surface area contributed by atoms with E-state index in [1.807, 2.05) is 0 Å². The van der Waals surface area contributed by atoms with Crippen molar-refractivity contribution in [2.45, 2.75) is 46.1 Å². The monoisotopic (exact) mass is 230 g/mol. The molecule has 1 fully saturated rings. The van der Waals surface area contributed by atoms with Gasteiger partial charge in [-0.25, -0.2) is 4.79 Å². The SMILES string of the molecule is CC(C)[C@@H]1CC[C@@H](C)C[C@H]1OC(=O)C=O.O. The van der Waals surface area contributed by atoms with Crippen LogP contribution >= 0.6 is 0 Å². The molecule has 3 atom stereocenters. The number of hydrogen-bond acceptors (Lipinski definition) is 3. The second-order valence-electron chi connectivity index (χ2n) is 4.92. The lowest BCUT2D eigenvalue weighted by Gasteiger charge is -2.36. The van der Waals surface area contributed by atoms with Gasteiger partial charge in [0, 0.05) is 0 Å². The average molecular weight is 230 g/mol. The minimum Gasteiger partial charge on any atom is -0.457 e. The number of aldehydes is 1. The zero-order valence-electron chi connectivity index (χ0n) is 10.2. The van der Waals surface area contributed by atoms with E-state index >= 15 is 0 Å². The maximum absolute atomic E-state index is 11.0. The van der Waals surface area contributed by atoms with Crippen LogP contribution in [-0.4, -0.2) is 23.8 Å². The number of carbonyl (C=O) groups excluding carboxylic acids is 2. The number of ether oxygens (including phenoxy) is 1. The van der Waals surface area contributed by atoms with Gasteiger partial charge in [0.05, 0.1) is 0 Å². The van der Waals surface area contributed by atoms with Gasteiger partial charge in [-0.15, -0.1) is 0 Å². The van der Waals surface area contributed by atoms with Crippen LogP contribution in [0.2, 0.25) is 0 Å².